The van der Waals surface area contributed by atoms with Crippen LogP contribution in [0.5, 0.6) is 0 Å². The van der Waals surface area contributed by atoms with Gasteiger partial charge in [-0.15, -0.1) is 0 Å². The Labute approximate surface area is 118 Å². The van der Waals surface area contributed by atoms with Crippen molar-refractivity contribution in [2.24, 2.45) is 11.7 Å². The number of amides is 3. The fraction of sp³-hybridized carbons (Fsp3) is 0.615. The number of rotatable bonds is 9. The maximum atomic E-state index is 11.9. The zero-order chi connectivity index (χ0) is 15.5. The van der Waals surface area contributed by atoms with Gasteiger partial charge in [0.05, 0.1) is 0 Å². The molecule has 0 spiro atoms. The Morgan fingerprint density at radius 2 is 2.00 bits per heavy atom. The third-order valence-corrected chi connectivity index (χ3v) is 2.30. The Hall–Kier alpha value is -2.05. The van der Waals surface area contributed by atoms with Crippen LogP contribution in [0, 0.1) is 5.92 Å². The molecule has 0 fully saturated rings. The van der Waals surface area contributed by atoms with Gasteiger partial charge in [0.1, 0.15) is 12.6 Å². The summed E-state index contributed by atoms with van der Waals surface area (Å²) in [6.45, 7) is 7.83. The Bertz CT molecular complexity index is 356. The molecule has 0 unspecified atom stereocenters. The van der Waals surface area contributed by atoms with Crippen LogP contribution in [-0.4, -0.2) is 37.1 Å². The minimum absolute atomic E-state index is 0.00149. The zero-order valence-electron chi connectivity index (χ0n) is 12.0. The summed E-state index contributed by atoms with van der Waals surface area (Å²) in [6, 6.07) is -0.849. The number of hydrogen-bond donors (Lipinski definition) is 3. The van der Waals surface area contributed by atoms with Gasteiger partial charge in [-0.1, -0.05) is 26.5 Å². The third kappa shape index (κ3) is 8.96. The third-order valence-electron chi connectivity index (χ3n) is 2.30. The van der Waals surface area contributed by atoms with E-state index in [0.29, 0.717) is 6.54 Å². The summed E-state index contributed by atoms with van der Waals surface area (Å²) in [5.74, 6) is -0.619. The van der Waals surface area contributed by atoms with Crippen LogP contribution in [0.2, 0.25) is 0 Å². The van der Waals surface area contributed by atoms with E-state index in [-0.39, 0.29) is 31.3 Å². The standard InChI is InChI=1S/C13H23N3O4/c1-4-7-20-13(19)16-10(5-6-11(14)17)12(18)15-8-9(2)3/h4,9-10H,1,5-8H2,2-3H3,(H2,14,17)(H,15,18)(H,16,19)/t10-/m0/s1. The lowest BCUT2D eigenvalue weighted by Gasteiger charge is -2.18. The van der Waals surface area contributed by atoms with E-state index < -0.39 is 18.0 Å². The van der Waals surface area contributed by atoms with Gasteiger partial charge >= 0.3 is 6.09 Å². The molecule has 114 valence electrons. The average molecular weight is 285 g/mol. The van der Waals surface area contributed by atoms with Gasteiger partial charge in [-0.3, -0.25) is 9.59 Å². The molecule has 0 bridgehead atoms. The minimum atomic E-state index is -0.849. The van der Waals surface area contributed by atoms with Crippen molar-refractivity contribution in [3.05, 3.63) is 12.7 Å². The van der Waals surface area contributed by atoms with Crippen LogP contribution < -0.4 is 16.4 Å². The largest absolute Gasteiger partial charge is 0.445 e. The van der Waals surface area contributed by atoms with Gasteiger partial charge in [-0.25, -0.2) is 4.79 Å². The lowest BCUT2D eigenvalue weighted by atomic mass is 10.1. The second-order valence-electron chi connectivity index (χ2n) is 4.73. The fourth-order valence-corrected chi connectivity index (χ4v) is 1.30. The first kappa shape index (κ1) is 17.9. The highest BCUT2D eigenvalue weighted by atomic mass is 16.5. The van der Waals surface area contributed by atoms with Crippen molar-refractivity contribution in [2.45, 2.75) is 32.7 Å². The predicted molar refractivity (Wildman–Crippen MR) is 74.7 cm³/mol. The van der Waals surface area contributed by atoms with E-state index in [0.717, 1.165) is 0 Å². The van der Waals surface area contributed by atoms with Gasteiger partial charge in [0, 0.05) is 13.0 Å². The molecule has 0 rings (SSSR count). The second kappa shape index (κ2) is 9.82. The number of hydrogen-bond acceptors (Lipinski definition) is 4. The average Bonchev–Trinajstić information content (AvgIpc) is 2.37. The van der Waals surface area contributed by atoms with Crippen LogP contribution in [0.25, 0.3) is 0 Å². The van der Waals surface area contributed by atoms with Gasteiger partial charge in [0.25, 0.3) is 0 Å². The highest BCUT2D eigenvalue weighted by molar-refractivity contribution is 5.86. The molecule has 7 nitrogen and oxygen atoms in total. The molecule has 1 atom stereocenters. The van der Waals surface area contributed by atoms with Crippen LogP contribution >= 0.6 is 0 Å². The molecular formula is C13H23N3O4. The first-order valence-corrected chi connectivity index (χ1v) is 6.47. The first-order valence-electron chi connectivity index (χ1n) is 6.47. The molecule has 7 heteroatoms. The lowest BCUT2D eigenvalue weighted by Crippen LogP contribution is -2.48. The highest BCUT2D eigenvalue weighted by Gasteiger charge is 2.21. The van der Waals surface area contributed by atoms with Crippen molar-refractivity contribution in [2.75, 3.05) is 13.2 Å². The quantitative estimate of drug-likeness (QED) is 0.529. The van der Waals surface area contributed by atoms with Crippen LogP contribution in [0.3, 0.4) is 0 Å². The van der Waals surface area contributed by atoms with Gasteiger partial charge in [0.2, 0.25) is 11.8 Å². The maximum absolute atomic E-state index is 11.9. The van der Waals surface area contributed by atoms with Crippen LogP contribution in [0.15, 0.2) is 12.7 Å². The smallest absolute Gasteiger partial charge is 0.408 e. The number of nitrogens with one attached hydrogen (secondary N) is 2. The van der Waals surface area contributed by atoms with E-state index in [2.05, 4.69) is 17.2 Å². The SMILES string of the molecule is C=CCOC(=O)N[C@@H](CCC(N)=O)C(=O)NCC(C)C. The number of carbonyl (C=O) groups excluding carboxylic acids is 3. The lowest BCUT2D eigenvalue weighted by molar-refractivity contribution is -0.123. The topological polar surface area (TPSA) is 111 Å². The molecule has 0 saturated carbocycles. The highest BCUT2D eigenvalue weighted by Crippen LogP contribution is 1.99. The molecule has 0 aromatic heterocycles. The van der Waals surface area contributed by atoms with Gasteiger partial charge in [-0.05, 0) is 12.3 Å². The predicted octanol–water partition coefficient (Wildman–Crippen LogP) is 0.305. The first-order chi connectivity index (χ1) is 9.36. The summed E-state index contributed by atoms with van der Waals surface area (Å²) in [6.07, 6.45) is 0.805. The van der Waals surface area contributed by atoms with Gasteiger partial charge in [-0.2, -0.15) is 0 Å². The van der Waals surface area contributed by atoms with E-state index in [1.165, 1.54) is 6.08 Å². The molecule has 0 heterocycles. The number of carbonyl (C=O) groups is 3. The van der Waals surface area contributed by atoms with E-state index in [4.69, 9.17) is 10.5 Å². The molecule has 3 amide bonds. The molecule has 0 aliphatic heterocycles. The van der Waals surface area contributed by atoms with E-state index in [9.17, 15) is 14.4 Å². The van der Waals surface area contributed by atoms with Crippen molar-refractivity contribution in [1.82, 2.24) is 10.6 Å². The summed E-state index contributed by atoms with van der Waals surface area (Å²) in [7, 11) is 0. The molecule has 0 radical (unpaired) electrons. The minimum Gasteiger partial charge on any atom is -0.445 e. The Morgan fingerprint density at radius 3 is 2.50 bits per heavy atom. The Balaban J connectivity index is 4.45. The van der Waals surface area contributed by atoms with E-state index in [1.807, 2.05) is 13.8 Å². The second-order valence-corrected chi connectivity index (χ2v) is 4.73. The van der Waals surface area contributed by atoms with Crippen molar-refractivity contribution in [3.8, 4) is 0 Å². The summed E-state index contributed by atoms with van der Waals surface area (Å²) < 4.78 is 4.74. The molecule has 4 N–H and O–H groups in total. The number of alkyl carbamates (subject to hydrolysis) is 1. The van der Waals surface area contributed by atoms with Crippen molar-refractivity contribution >= 4 is 17.9 Å². The Kier molecular flexibility index (Phi) is 8.82. The number of primary amides is 1. The number of ether oxygens (including phenoxy) is 1. The molecule has 0 saturated heterocycles. The maximum Gasteiger partial charge on any atom is 0.408 e. The molecule has 20 heavy (non-hydrogen) atoms. The van der Waals surface area contributed by atoms with Crippen molar-refractivity contribution in [1.29, 1.82) is 0 Å². The van der Waals surface area contributed by atoms with Crippen molar-refractivity contribution < 1.29 is 19.1 Å². The summed E-state index contributed by atoms with van der Waals surface area (Å²) in [5.41, 5.74) is 5.05. The van der Waals surface area contributed by atoms with Gasteiger partial charge in [0.15, 0.2) is 0 Å². The van der Waals surface area contributed by atoms with E-state index >= 15 is 0 Å². The van der Waals surface area contributed by atoms with Crippen LogP contribution in [0.1, 0.15) is 26.7 Å². The Morgan fingerprint density at radius 1 is 1.35 bits per heavy atom. The molecule has 0 aliphatic carbocycles. The van der Waals surface area contributed by atoms with Gasteiger partial charge < -0.3 is 21.1 Å². The summed E-state index contributed by atoms with van der Waals surface area (Å²) in [5, 5.41) is 5.09. The normalized spacial score (nSPS) is 11.6. The number of nitrogens with two attached hydrogens (primary N) is 1. The monoisotopic (exact) mass is 285 g/mol. The summed E-state index contributed by atoms with van der Waals surface area (Å²) in [4.78, 5) is 34.1. The zero-order valence-corrected chi connectivity index (χ0v) is 12.0. The van der Waals surface area contributed by atoms with E-state index in [1.54, 1.807) is 0 Å². The van der Waals surface area contributed by atoms with Crippen LogP contribution in [-0.2, 0) is 14.3 Å². The molecule has 0 aromatic carbocycles. The molecular weight excluding hydrogens is 262 g/mol. The fourth-order valence-electron chi connectivity index (χ4n) is 1.30. The van der Waals surface area contributed by atoms with Crippen molar-refractivity contribution in [3.63, 3.8) is 0 Å². The molecule has 0 aliphatic rings. The molecule has 0 aromatic rings. The van der Waals surface area contributed by atoms with Crippen LogP contribution in [0.4, 0.5) is 4.79 Å². The summed E-state index contributed by atoms with van der Waals surface area (Å²) >= 11 is 0.